The molecule has 54 heavy (non-hydrogen) atoms. The fourth-order valence-electron chi connectivity index (χ4n) is 6.49. The van der Waals surface area contributed by atoms with E-state index in [9.17, 15) is 24.0 Å². The van der Waals surface area contributed by atoms with Gasteiger partial charge in [0.2, 0.25) is 23.6 Å². The van der Waals surface area contributed by atoms with Crippen LogP contribution in [0.2, 0.25) is 0 Å². The molecule has 0 fully saturated rings. The second-order valence-corrected chi connectivity index (χ2v) is 13.3. The van der Waals surface area contributed by atoms with Gasteiger partial charge in [-0.15, -0.1) is 0 Å². The zero-order valence-electron chi connectivity index (χ0n) is 31.0. The van der Waals surface area contributed by atoms with Crippen molar-refractivity contribution >= 4 is 40.4 Å². The van der Waals surface area contributed by atoms with E-state index in [0.717, 1.165) is 41.7 Å². The summed E-state index contributed by atoms with van der Waals surface area (Å²) >= 11 is 0. The maximum atomic E-state index is 14.2. The van der Waals surface area contributed by atoms with Crippen molar-refractivity contribution in [3.8, 4) is 5.75 Å². The molecule has 6 N–H and O–H groups in total. The normalized spacial score (nSPS) is 19.0. The van der Waals surface area contributed by atoms with Gasteiger partial charge in [0.25, 0.3) is 5.91 Å². The SMILES string of the molecule is CCN(CC)CCCNC(=O)[C@@H]1CC(=O)N[C@@H](Cc2c[nH]c3ccccc23)C(=O)N[C@@H](Cc2ccccc2)C(=O)NCCCOc2ccccc2C(=O)N1. The second-order valence-electron chi connectivity index (χ2n) is 13.3. The van der Waals surface area contributed by atoms with E-state index in [1.807, 2.05) is 54.6 Å². The first-order valence-electron chi connectivity index (χ1n) is 18.7. The van der Waals surface area contributed by atoms with E-state index in [4.69, 9.17) is 4.74 Å². The summed E-state index contributed by atoms with van der Waals surface area (Å²) in [7, 11) is 0. The number of carbonyl (C=O) groups excluding carboxylic acids is 5. The predicted octanol–water partition coefficient (Wildman–Crippen LogP) is 2.86. The number of amides is 5. The summed E-state index contributed by atoms with van der Waals surface area (Å²) in [4.78, 5) is 74.4. The van der Waals surface area contributed by atoms with E-state index in [1.54, 1.807) is 30.5 Å². The molecule has 13 heteroatoms. The summed E-state index contributed by atoms with van der Waals surface area (Å²) in [5.74, 6) is -2.39. The molecular weight excluding hydrogens is 686 g/mol. The molecule has 0 spiro atoms. The molecule has 1 aliphatic heterocycles. The first-order chi connectivity index (χ1) is 26.2. The molecule has 3 atom stereocenters. The van der Waals surface area contributed by atoms with Crippen LogP contribution in [0.5, 0.6) is 5.75 Å². The lowest BCUT2D eigenvalue weighted by molar-refractivity contribution is -0.133. The van der Waals surface area contributed by atoms with E-state index in [2.05, 4.69) is 50.3 Å². The number of hydrogen-bond acceptors (Lipinski definition) is 7. The number of carbonyl (C=O) groups is 5. The van der Waals surface area contributed by atoms with Crippen molar-refractivity contribution in [2.24, 2.45) is 0 Å². The Hall–Kier alpha value is -5.69. The van der Waals surface area contributed by atoms with Gasteiger partial charge in [-0.3, -0.25) is 24.0 Å². The predicted molar refractivity (Wildman–Crippen MR) is 207 cm³/mol. The Kier molecular flexibility index (Phi) is 14.6. The maximum Gasteiger partial charge on any atom is 0.255 e. The number of aromatic nitrogens is 1. The van der Waals surface area contributed by atoms with Crippen molar-refractivity contribution in [1.82, 2.24) is 36.5 Å². The van der Waals surface area contributed by atoms with Crippen LogP contribution in [0, 0.1) is 0 Å². The van der Waals surface area contributed by atoms with Gasteiger partial charge in [-0.1, -0.05) is 74.5 Å². The fourth-order valence-corrected chi connectivity index (χ4v) is 6.49. The van der Waals surface area contributed by atoms with Gasteiger partial charge in [0.1, 0.15) is 23.9 Å². The van der Waals surface area contributed by atoms with Crippen LogP contribution in [0.15, 0.2) is 85.1 Å². The minimum Gasteiger partial charge on any atom is -0.493 e. The molecule has 1 aliphatic rings. The van der Waals surface area contributed by atoms with Crippen molar-refractivity contribution < 1.29 is 28.7 Å². The van der Waals surface area contributed by atoms with E-state index in [-0.39, 0.29) is 37.5 Å². The number of H-pyrrole nitrogens is 1. The van der Waals surface area contributed by atoms with Gasteiger partial charge in [0, 0.05) is 43.0 Å². The minimum absolute atomic E-state index is 0.0978. The standard InChI is InChI=1S/C41H51N7O6/c1-3-48(4-2)22-12-20-42-40(52)35-26-37(49)45-34(25-29-27-44-32-18-10-8-16-30(29)32)41(53)47-33(24-28-14-6-5-7-15-28)39(51)43-21-13-23-54-36-19-11-9-17-31(36)38(50)46-35/h5-11,14-19,27,33-35,44H,3-4,12-13,20-26H2,1-2H3,(H,42,52)(H,43,51)(H,45,49)(H,46,50)(H,47,53)/t33-,34-,35-/m0/s1. The van der Waals surface area contributed by atoms with E-state index >= 15 is 0 Å². The molecule has 0 radical (unpaired) electrons. The highest BCUT2D eigenvalue weighted by Gasteiger charge is 2.31. The molecule has 0 saturated heterocycles. The summed E-state index contributed by atoms with van der Waals surface area (Å²) in [5, 5.41) is 15.1. The number of fused-ring (bicyclic) bond motifs is 2. The van der Waals surface area contributed by atoms with E-state index in [1.165, 1.54) is 0 Å². The number of benzene rings is 3. The molecule has 5 rings (SSSR count). The Labute approximate surface area is 316 Å². The molecule has 0 unspecified atom stereocenters. The Balaban J connectivity index is 1.44. The minimum atomic E-state index is -1.26. The first-order valence-corrected chi connectivity index (χ1v) is 18.7. The average molecular weight is 738 g/mol. The lowest BCUT2D eigenvalue weighted by atomic mass is 10.0. The lowest BCUT2D eigenvalue weighted by Crippen LogP contribution is -2.56. The zero-order valence-corrected chi connectivity index (χ0v) is 31.0. The summed E-state index contributed by atoms with van der Waals surface area (Å²) in [5.41, 5.74) is 2.69. The third-order valence-electron chi connectivity index (χ3n) is 9.53. The Morgan fingerprint density at radius 3 is 2.35 bits per heavy atom. The Morgan fingerprint density at radius 2 is 1.56 bits per heavy atom. The van der Waals surface area contributed by atoms with Crippen molar-refractivity contribution in [2.45, 2.75) is 64.1 Å². The van der Waals surface area contributed by atoms with Gasteiger partial charge in [-0.2, -0.15) is 0 Å². The molecule has 1 aromatic heterocycles. The molecule has 2 heterocycles. The number of ether oxygens (including phenoxy) is 1. The highest BCUT2D eigenvalue weighted by atomic mass is 16.5. The van der Waals surface area contributed by atoms with Crippen LogP contribution in [0.4, 0.5) is 0 Å². The Bertz CT molecular complexity index is 1880. The second kappa shape index (κ2) is 20.0. The smallest absolute Gasteiger partial charge is 0.255 e. The largest absolute Gasteiger partial charge is 0.493 e. The van der Waals surface area contributed by atoms with Crippen LogP contribution in [0.1, 0.15) is 54.6 Å². The molecule has 3 aromatic carbocycles. The summed E-state index contributed by atoms with van der Waals surface area (Å²) in [6, 6.07) is 20.3. The number of hydrogen-bond donors (Lipinski definition) is 6. The number of para-hydroxylation sites is 2. The molecule has 13 nitrogen and oxygen atoms in total. The van der Waals surface area contributed by atoms with Gasteiger partial charge in [-0.05, 0) is 61.8 Å². The van der Waals surface area contributed by atoms with Crippen LogP contribution < -0.4 is 31.3 Å². The topological polar surface area (TPSA) is 174 Å². The number of nitrogens with one attached hydrogen (secondary N) is 6. The van der Waals surface area contributed by atoms with Crippen LogP contribution in [0.25, 0.3) is 10.9 Å². The van der Waals surface area contributed by atoms with Gasteiger partial charge >= 0.3 is 0 Å². The molecule has 0 saturated carbocycles. The van der Waals surface area contributed by atoms with Gasteiger partial charge in [0.05, 0.1) is 18.6 Å². The third kappa shape index (κ3) is 11.2. The fraction of sp³-hybridized carbons (Fsp3) is 0.390. The number of nitrogens with zero attached hydrogens (tertiary/aromatic N) is 1. The van der Waals surface area contributed by atoms with Crippen LogP contribution in [-0.2, 0) is 32.0 Å². The van der Waals surface area contributed by atoms with Crippen LogP contribution in [-0.4, -0.2) is 96.9 Å². The van der Waals surface area contributed by atoms with Gasteiger partial charge in [-0.25, -0.2) is 0 Å². The monoisotopic (exact) mass is 737 g/mol. The van der Waals surface area contributed by atoms with Gasteiger partial charge in [0.15, 0.2) is 0 Å². The Morgan fingerprint density at radius 1 is 0.833 bits per heavy atom. The van der Waals surface area contributed by atoms with Crippen LogP contribution >= 0.6 is 0 Å². The molecule has 4 aromatic rings. The lowest BCUT2D eigenvalue weighted by Gasteiger charge is -2.25. The van der Waals surface area contributed by atoms with Crippen molar-refractivity contribution in [1.29, 1.82) is 0 Å². The summed E-state index contributed by atoms with van der Waals surface area (Å²) < 4.78 is 5.94. The number of rotatable bonds is 11. The summed E-state index contributed by atoms with van der Waals surface area (Å²) in [6.45, 7) is 7.48. The van der Waals surface area contributed by atoms with Crippen molar-refractivity contribution in [3.63, 3.8) is 0 Å². The van der Waals surface area contributed by atoms with Gasteiger partial charge < -0.3 is 41.2 Å². The van der Waals surface area contributed by atoms with Crippen LogP contribution in [0.3, 0.4) is 0 Å². The average Bonchev–Trinajstić information content (AvgIpc) is 3.59. The highest BCUT2D eigenvalue weighted by Crippen LogP contribution is 2.21. The maximum absolute atomic E-state index is 14.2. The molecule has 0 aliphatic carbocycles. The molecule has 286 valence electrons. The first kappa shape index (κ1) is 39.5. The molecular formula is C41H51N7O6. The third-order valence-corrected chi connectivity index (χ3v) is 9.53. The molecule has 5 amide bonds. The number of aromatic amines is 1. The summed E-state index contributed by atoms with van der Waals surface area (Å²) in [6.07, 6.45) is 2.77. The molecule has 0 bridgehead atoms. The van der Waals surface area contributed by atoms with Crippen molar-refractivity contribution in [2.75, 3.05) is 39.3 Å². The van der Waals surface area contributed by atoms with E-state index < -0.39 is 48.2 Å². The van der Waals surface area contributed by atoms with Crippen molar-refractivity contribution in [3.05, 3.63) is 102 Å². The quantitative estimate of drug-likeness (QED) is 0.129. The highest BCUT2D eigenvalue weighted by molar-refractivity contribution is 6.01. The zero-order chi connectivity index (χ0) is 38.3. The van der Waals surface area contributed by atoms with E-state index in [0.29, 0.717) is 25.1 Å².